The average Bonchev–Trinajstić information content (AvgIpc) is 2.77. The smallest absolute Gasteiger partial charge is 0.312 e. The van der Waals surface area contributed by atoms with Crippen molar-refractivity contribution in [3.8, 4) is 0 Å². The highest BCUT2D eigenvalue weighted by molar-refractivity contribution is 5.09. The molecule has 0 amide bonds. The van der Waals surface area contributed by atoms with E-state index in [1.54, 1.807) is 0 Å². The van der Waals surface area contributed by atoms with Gasteiger partial charge in [0.15, 0.2) is 0 Å². The van der Waals surface area contributed by atoms with Gasteiger partial charge in [-0.3, -0.25) is 4.68 Å². The van der Waals surface area contributed by atoms with Crippen molar-refractivity contribution < 1.29 is 13.2 Å². The van der Waals surface area contributed by atoms with E-state index in [1.807, 2.05) is 0 Å². The van der Waals surface area contributed by atoms with Crippen LogP contribution in [0.2, 0.25) is 0 Å². The monoisotopic (exact) mass is 289 g/mol. The molecule has 0 aromatic carbocycles. The molecule has 1 aliphatic rings. The lowest BCUT2D eigenvalue weighted by Gasteiger charge is -2.26. The first-order valence-corrected chi connectivity index (χ1v) is 7.37. The standard InChI is InChI=1S/C14H22F3N3/c1-2-8-18-12-6-4-3-5-7-13(12)20-10-11(9-19-20)14(15,16)17/h9-10,12-13,18H,2-8H2,1H3. The van der Waals surface area contributed by atoms with Gasteiger partial charge >= 0.3 is 6.18 Å². The van der Waals surface area contributed by atoms with Gasteiger partial charge in [-0.1, -0.05) is 26.2 Å². The van der Waals surface area contributed by atoms with Gasteiger partial charge in [-0.05, 0) is 25.8 Å². The Morgan fingerprint density at radius 2 is 2.05 bits per heavy atom. The lowest BCUT2D eigenvalue weighted by Crippen LogP contribution is -2.37. The van der Waals surface area contributed by atoms with Crippen molar-refractivity contribution in [3.63, 3.8) is 0 Å². The van der Waals surface area contributed by atoms with E-state index in [0.29, 0.717) is 0 Å². The third-order valence-corrected chi connectivity index (χ3v) is 3.90. The zero-order chi connectivity index (χ0) is 14.6. The van der Waals surface area contributed by atoms with E-state index >= 15 is 0 Å². The number of alkyl halides is 3. The molecule has 0 saturated heterocycles. The second-order valence-electron chi connectivity index (χ2n) is 5.47. The van der Waals surface area contributed by atoms with Gasteiger partial charge in [0.25, 0.3) is 0 Å². The first-order chi connectivity index (χ1) is 9.52. The van der Waals surface area contributed by atoms with Crippen LogP contribution in [-0.4, -0.2) is 22.4 Å². The summed E-state index contributed by atoms with van der Waals surface area (Å²) in [4.78, 5) is 0. The Morgan fingerprint density at radius 1 is 1.30 bits per heavy atom. The molecule has 3 nitrogen and oxygen atoms in total. The molecule has 1 fully saturated rings. The van der Waals surface area contributed by atoms with Crippen LogP contribution in [0.25, 0.3) is 0 Å². The summed E-state index contributed by atoms with van der Waals surface area (Å²) in [5, 5.41) is 7.43. The average molecular weight is 289 g/mol. The minimum Gasteiger partial charge on any atom is -0.312 e. The first-order valence-electron chi connectivity index (χ1n) is 7.37. The van der Waals surface area contributed by atoms with Gasteiger partial charge in [-0.2, -0.15) is 18.3 Å². The Bertz CT molecular complexity index is 414. The van der Waals surface area contributed by atoms with Crippen molar-refractivity contribution in [2.24, 2.45) is 0 Å². The molecule has 114 valence electrons. The molecule has 6 heteroatoms. The molecule has 1 aromatic heterocycles. The molecule has 1 aliphatic carbocycles. The SMILES string of the molecule is CCCNC1CCCCCC1n1cc(C(F)(F)F)cn1. The summed E-state index contributed by atoms with van der Waals surface area (Å²) in [6.45, 7) is 2.99. The zero-order valence-corrected chi connectivity index (χ0v) is 11.8. The second kappa shape index (κ2) is 6.61. The molecule has 2 atom stereocenters. The summed E-state index contributed by atoms with van der Waals surface area (Å²) in [5.41, 5.74) is -0.656. The zero-order valence-electron chi connectivity index (χ0n) is 11.8. The molecular formula is C14H22F3N3. The van der Waals surface area contributed by atoms with Crippen molar-refractivity contribution in [2.75, 3.05) is 6.54 Å². The van der Waals surface area contributed by atoms with Gasteiger partial charge in [-0.15, -0.1) is 0 Å². The molecule has 0 aliphatic heterocycles. The Kier molecular flexibility index (Phi) is 5.07. The fourth-order valence-corrected chi connectivity index (χ4v) is 2.84. The third-order valence-electron chi connectivity index (χ3n) is 3.90. The third kappa shape index (κ3) is 3.75. The summed E-state index contributed by atoms with van der Waals surface area (Å²) in [6.07, 6.45) is 4.02. The molecule has 2 unspecified atom stereocenters. The minimum absolute atomic E-state index is 0.0279. The van der Waals surface area contributed by atoms with Crippen molar-refractivity contribution in [2.45, 2.75) is 63.7 Å². The lowest BCUT2D eigenvalue weighted by atomic mass is 10.0. The van der Waals surface area contributed by atoms with Crippen LogP contribution in [-0.2, 0) is 6.18 Å². The van der Waals surface area contributed by atoms with Crippen molar-refractivity contribution >= 4 is 0 Å². The summed E-state index contributed by atoms with van der Waals surface area (Å²) >= 11 is 0. The number of nitrogens with zero attached hydrogens (tertiary/aromatic N) is 2. The fraction of sp³-hybridized carbons (Fsp3) is 0.786. The largest absolute Gasteiger partial charge is 0.419 e. The molecule has 20 heavy (non-hydrogen) atoms. The Labute approximate surface area is 117 Å². The highest BCUT2D eigenvalue weighted by Crippen LogP contribution is 2.32. The molecule has 0 spiro atoms. The maximum Gasteiger partial charge on any atom is 0.419 e. The minimum atomic E-state index is -4.31. The second-order valence-corrected chi connectivity index (χ2v) is 5.47. The molecule has 0 radical (unpaired) electrons. The van der Waals surface area contributed by atoms with E-state index in [0.717, 1.165) is 57.5 Å². The summed E-state index contributed by atoms with van der Waals surface area (Å²) in [7, 11) is 0. The molecule has 1 heterocycles. The highest BCUT2D eigenvalue weighted by atomic mass is 19.4. The number of aromatic nitrogens is 2. The number of nitrogens with one attached hydrogen (secondary N) is 1. The van der Waals surface area contributed by atoms with Crippen molar-refractivity contribution in [1.82, 2.24) is 15.1 Å². The van der Waals surface area contributed by atoms with E-state index in [9.17, 15) is 13.2 Å². The van der Waals surface area contributed by atoms with Gasteiger partial charge in [0.1, 0.15) is 0 Å². The van der Waals surface area contributed by atoms with E-state index in [1.165, 1.54) is 4.68 Å². The Balaban J connectivity index is 2.15. The number of hydrogen-bond acceptors (Lipinski definition) is 2. The first kappa shape index (κ1) is 15.4. The van der Waals surface area contributed by atoms with E-state index < -0.39 is 11.7 Å². The lowest BCUT2D eigenvalue weighted by molar-refractivity contribution is -0.137. The number of hydrogen-bond donors (Lipinski definition) is 1. The maximum atomic E-state index is 12.7. The van der Waals surface area contributed by atoms with Gasteiger partial charge in [0.2, 0.25) is 0 Å². The predicted octanol–water partition coefficient (Wildman–Crippen LogP) is 3.78. The number of halogens is 3. The Morgan fingerprint density at radius 3 is 2.70 bits per heavy atom. The van der Waals surface area contributed by atoms with Crippen molar-refractivity contribution in [3.05, 3.63) is 18.0 Å². The van der Waals surface area contributed by atoms with Crippen LogP contribution in [0.15, 0.2) is 12.4 Å². The van der Waals surface area contributed by atoms with Gasteiger partial charge < -0.3 is 5.32 Å². The van der Waals surface area contributed by atoms with E-state index in [2.05, 4.69) is 17.3 Å². The topological polar surface area (TPSA) is 29.9 Å². The molecule has 2 rings (SSSR count). The van der Waals surface area contributed by atoms with Crippen LogP contribution in [0.3, 0.4) is 0 Å². The van der Waals surface area contributed by atoms with Crippen LogP contribution >= 0.6 is 0 Å². The Hall–Kier alpha value is -1.04. The van der Waals surface area contributed by atoms with Gasteiger partial charge in [0, 0.05) is 12.2 Å². The normalized spacial score (nSPS) is 24.6. The summed E-state index contributed by atoms with van der Waals surface area (Å²) in [6, 6.07) is 0.249. The molecule has 1 aromatic rings. The van der Waals surface area contributed by atoms with E-state index in [4.69, 9.17) is 0 Å². The summed E-state index contributed by atoms with van der Waals surface area (Å²) < 4.78 is 39.6. The van der Waals surface area contributed by atoms with Crippen LogP contribution < -0.4 is 5.32 Å². The fourth-order valence-electron chi connectivity index (χ4n) is 2.84. The van der Waals surface area contributed by atoms with Crippen LogP contribution in [0, 0.1) is 0 Å². The molecular weight excluding hydrogens is 267 g/mol. The maximum absolute atomic E-state index is 12.7. The van der Waals surface area contributed by atoms with Crippen LogP contribution in [0.4, 0.5) is 13.2 Å². The summed E-state index contributed by atoms with van der Waals surface area (Å²) in [5.74, 6) is 0. The van der Waals surface area contributed by atoms with E-state index in [-0.39, 0.29) is 12.1 Å². The highest BCUT2D eigenvalue weighted by Gasteiger charge is 2.34. The van der Waals surface area contributed by atoms with Gasteiger partial charge in [-0.25, -0.2) is 0 Å². The van der Waals surface area contributed by atoms with Gasteiger partial charge in [0.05, 0.1) is 17.8 Å². The van der Waals surface area contributed by atoms with Crippen LogP contribution in [0.5, 0.6) is 0 Å². The quantitative estimate of drug-likeness (QED) is 0.855. The molecule has 1 N–H and O–H groups in total. The molecule has 0 bridgehead atoms. The van der Waals surface area contributed by atoms with Crippen molar-refractivity contribution in [1.29, 1.82) is 0 Å². The molecule has 1 saturated carbocycles. The number of rotatable bonds is 4. The predicted molar refractivity (Wildman–Crippen MR) is 71.4 cm³/mol. The van der Waals surface area contributed by atoms with Crippen LogP contribution in [0.1, 0.15) is 57.1 Å².